The molecule has 1 aliphatic rings. The van der Waals surface area contributed by atoms with Gasteiger partial charge in [-0.25, -0.2) is 15.0 Å². The van der Waals surface area contributed by atoms with Crippen LogP contribution in [0.25, 0.3) is 11.4 Å². The summed E-state index contributed by atoms with van der Waals surface area (Å²) in [7, 11) is 0. The van der Waals surface area contributed by atoms with Gasteiger partial charge in [-0.2, -0.15) is 0 Å². The topological polar surface area (TPSA) is 66.5 Å². The number of nitrogens with one attached hydrogen (secondary N) is 2. The molecule has 0 spiro atoms. The number of hydrogen-bond donors (Lipinski definition) is 2. The van der Waals surface area contributed by atoms with Gasteiger partial charge in [0.25, 0.3) is 0 Å². The average molecular weight is 336 g/mol. The van der Waals surface area contributed by atoms with Crippen molar-refractivity contribution >= 4 is 21.9 Å². The molecule has 2 heterocycles. The monoisotopic (exact) mass is 335 g/mol. The van der Waals surface area contributed by atoms with Crippen LogP contribution in [0.15, 0.2) is 16.9 Å². The fourth-order valence-corrected chi connectivity index (χ4v) is 2.72. The van der Waals surface area contributed by atoms with Crippen LogP contribution in [-0.4, -0.2) is 26.5 Å². The number of nitrogens with zero attached hydrogens (tertiary/aromatic N) is 3. The number of rotatable bonds is 5. The van der Waals surface area contributed by atoms with Crippen LogP contribution in [0.1, 0.15) is 44.3 Å². The van der Waals surface area contributed by atoms with E-state index in [0.717, 1.165) is 34.8 Å². The van der Waals surface area contributed by atoms with Crippen LogP contribution in [0.2, 0.25) is 0 Å². The molecule has 6 heteroatoms. The maximum Gasteiger partial charge on any atom is 0.223 e. The van der Waals surface area contributed by atoms with Crippen molar-refractivity contribution in [3.05, 3.63) is 22.7 Å². The van der Waals surface area contributed by atoms with Crippen LogP contribution in [0.4, 0.5) is 5.95 Å². The van der Waals surface area contributed by atoms with Gasteiger partial charge in [0.05, 0.1) is 5.69 Å². The van der Waals surface area contributed by atoms with Crippen LogP contribution in [-0.2, 0) is 0 Å². The van der Waals surface area contributed by atoms with E-state index in [2.05, 4.69) is 43.1 Å². The molecule has 2 aromatic rings. The Bertz CT molecular complexity index is 591. The maximum atomic E-state index is 4.70. The minimum absolute atomic E-state index is 0.583. The molecule has 0 bridgehead atoms. The van der Waals surface area contributed by atoms with Crippen molar-refractivity contribution in [2.45, 2.75) is 38.5 Å². The Morgan fingerprint density at radius 2 is 2.25 bits per heavy atom. The second-order valence-corrected chi connectivity index (χ2v) is 5.90. The summed E-state index contributed by atoms with van der Waals surface area (Å²) in [5.74, 6) is 2.31. The zero-order valence-electron chi connectivity index (χ0n) is 11.5. The number of aromatic nitrogens is 4. The highest BCUT2D eigenvalue weighted by molar-refractivity contribution is 9.10. The van der Waals surface area contributed by atoms with Gasteiger partial charge in [-0.3, -0.25) is 0 Å². The summed E-state index contributed by atoms with van der Waals surface area (Å²) in [5.41, 5.74) is 1.71. The second kappa shape index (κ2) is 5.91. The summed E-state index contributed by atoms with van der Waals surface area (Å²) < 4.78 is 0.902. The molecule has 3 rings (SSSR count). The van der Waals surface area contributed by atoms with Gasteiger partial charge in [0.1, 0.15) is 16.1 Å². The first-order valence-corrected chi connectivity index (χ1v) is 7.90. The van der Waals surface area contributed by atoms with Gasteiger partial charge >= 0.3 is 0 Å². The van der Waals surface area contributed by atoms with Crippen molar-refractivity contribution < 1.29 is 0 Å². The van der Waals surface area contributed by atoms with Crippen molar-refractivity contribution in [3.8, 4) is 11.4 Å². The molecular formula is C14H18BrN5. The third-order valence-corrected chi connectivity index (χ3v) is 4.17. The summed E-state index contributed by atoms with van der Waals surface area (Å²) in [5, 5.41) is 3.20. The van der Waals surface area contributed by atoms with Gasteiger partial charge in [0.2, 0.25) is 5.95 Å². The van der Waals surface area contributed by atoms with Crippen molar-refractivity contribution in [3.63, 3.8) is 0 Å². The summed E-state index contributed by atoms with van der Waals surface area (Å²) in [6.45, 7) is 2.99. The Balaban J connectivity index is 1.86. The molecule has 0 saturated heterocycles. The summed E-state index contributed by atoms with van der Waals surface area (Å²) in [4.78, 5) is 16.8. The van der Waals surface area contributed by atoms with Crippen LogP contribution >= 0.6 is 15.9 Å². The van der Waals surface area contributed by atoms with E-state index in [1.807, 2.05) is 6.07 Å². The molecule has 1 saturated carbocycles. The highest BCUT2D eigenvalue weighted by Crippen LogP contribution is 2.37. The molecule has 0 amide bonds. The molecule has 0 radical (unpaired) electrons. The highest BCUT2D eigenvalue weighted by Gasteiger charge is 2.24. The minimum Gasteiger partial charge on any atom is -0.354 e. The van der Waals surface area contributed by atoms with E-state index in [9.17, 15) is 0 Å². The van der Waals surface area contributed by atoms with Gasteiger partial charge in [-0.1, -0.05) is 13.3 Å². The quantitative estimate of drug-likeness (QED) is 0.873. The van der Waals surface area contributed by atoms with Crippen LogP contribution in [0, 0.1) is 0 Å². The fraction of sp³-hybridized carbons (Fsp3) is 0.500. The normalized spacial score (nSPS) is 15.1. The van der Waals surface area contributed by atoms with E-state index in [0.29, 0.717) is 11.9 Å². The van der Waals surface area contributed by atoms with Crippen molar-refractivity contribution in [1.82, 2.24) is 19.9 Å². The van der Waals surface area contributed by atoms with Gasteiger partial charge in [0, 0.05) is 18.7 Å². The largest absolute Gasteiger partial charge is 0.354 e. The lowest BCUT2D eigenvalue weighted by atomic mass is 9.85. The average Bonchev–Trinajstić information content (AvgIpc) is 2.76. The van der Waals surface area contributed by atoms with E-state index in [1.54, 1.807) is 6.20 Å². The standard InChI is InChI=1S/C14H18BrN5/c1-2-7-16-14-17-8-6-10(18-14)11-12(15)20-13(19-11)9-4-3-5-9/h6,8-9H,2-5,7H2,1H3,(H,19,20)(H,16,17,18). The first-order valence-electron chi connectivity index (χ1n) is 7.10. The molecule has 106 valence electrons. The molecule has 0 unspecified atom stereocenters. The zero-order chi connectivity index (χ0) is 13.9. The van der Waals surface area contributed by atoms with Crippen LogP contribution in [0.5, 0.6) is 0 Å². The number of halogens is 1. The lowest BCUT2D eigenvalue weighted by molar-refractivity contribution is 0.404. The highest BCUT2D eigenvalue weighted by atomic mass is 79.9. The number of aromatic amines is 1. The lowest BCUT2D eigenvalue weighted by Crippen LogP contribution is -2.10. The molecule has 2 N–H and O–H groups in total. The number of hydrogen-bond acceptors (Lipinski definition) is 4. The van der Waals surface area contributed by atoms with E-state index in [-0.39, 0.29) is 0 Å². The zero-order valence-corrected chi connectivity index (χ0v) is 13.1. The van der Waals surface area contributed by atoms with E-state index >= 15 is 0 Å². The van der Waals surface area contributed by atoms with Gasteiger partial charge in [-0.15, -0.1) is 0 Å². The molecule has 20 heavy (non-hydrogen) atoms. The predicted molar refractivity (Wildman–Crippen MR) is 82.7 cm³/mol. The van der Waals surface area contributed by atoms with Crippen LogP contribution < -0.4 is 5.32 Å². The second-order valence-electron chi connectivity index (χ2n) is 5.10. The number of imidazole rings is 1. The molecule has 0 aromatic carbocycles. The van der Waals surface area contributed by atoms with Crippen LogP contribution in [0.3, 0.4) is 0 Å². The van der Waals surface area contributed by atoms with Gasteiger partial charge in [0.15, 0.2) is 0 Å². The Hall–Kier alpha value is -1.43. The van der Waals surface area contributed by atoms with E-state index < -0.39 is 0 Å². The first kappa shape index (κ1) is 13.5. The third-order valence-electron chi connectivity index (χ3n) is 3.60. The smallest absolute Gasteiger partial charge is 0.223 e. The molecule has 2 aromatic heterocycles. The summed E-state index contributed by atoms with van der Waals surface area (Å²) in [6.07, 6.45) is 6.58. The Morgan fingerprint density at radius 1 is 1.40 bits per heavy atom. The van der Waals surface area contributed by atoms with Crippen molar-refractivity contribution in [2.75, 3.05) is 11.9 Å². The molecular weight excluding hydrogens is 318 g/mol. The molecule has 5 nitrogen and oxygen atoms in total. The Kier molecular flexibility index (Phi) is 4.00. The summed E-state index contributed by atoms with van der Waals surface area (Å²) in [6, 6.07) is 1.89. The first-order chi connectivity index (χ1) is 9.78. The molecule has 0 atom stereocenters. The maximum absolute atomic E-state index is 4.70. The Labute approximate surface area is 126 Å². The van der Waals surface area contributed by atoms with Crippen molar-refractivity contribution in [2.24, 2.45) is 0 Å². The van der Waals surface area contributed by atoms with Gasteiger partial charge in [-0.05, 0) is 41.3 Å². The molecule has 0 aliphatic heterocycles. The lowest BCUT2D eigenvalue weighted by Gasteiger charge is -2.22. The van der Waals surface area contributed by atoms with E-state index in [1.165, 1.54) is 19.3 Å². The van der Waals surface area contributed by atoms with E-state index in [4.69, 9.17) is 4.98 Å². The fourth-order valence-electron chi connectivity index (χ4n) is 2.23. The molecule has 1 aliphatic carbocycles. The van der Waals surface area contributed by atoms with Crippen molar-refractivity contribution in [1.29, 1.82) is 0 Å². The Morgan fingerprint density at radius 3 is 2.95 bits per heavy atom. The van der Waals surface area contributed by atoms with Gasteiger partial charge < -0.3 is 10.3 Å². The minimum atomic E-state index is 0.583. The number of H-pyrrole nitrogens is 1. The SMILES string of the molecule is CCCNc1nccc(-c2nc(C3CCC3)[nH]c2Br)n1. The third kappa shape index (κ3) is 2.70. The summed E-state index contributed by atoms with van der Waals surface area (Å²) >= 11 is 3.55. The molecule has 1 fully saturated rings. The number of anilines is 1. The predicted octanol–water partition coefficient (Wildman–Crippen LogP) is 3.72.